The highest BCUT2D eigenvalue weighted by atomic mass is 16.6. The van der Waals surface area contributed by atoms with Gasteiger partial charge < -0.3 is 9.64 Å². The normalized spacial score (nSPS) is 21.7. The predicted molar refractivity (Wildman–Crippen MR) is 120 cm³/mol. The SMILES string of the molecule is CC1CC=C(c2ccc3cn(C4CCN(C)CC4)nc3c2)N(C(=O)OC(C)(C)C)C1. The van der Waals surface area contributed by atoms with Crippen LogP contribution in [0.25, 0.3) is 16.6 Å². The van der Waals surface area contributed by atoms with E-state index in [0.717, 1.165) is 54.5 Å². The average Bonchev–Trinajstić information content (AvgIpc) is 3.10. The van der Waals surface area contributed by atoms with E-state index in [1.807, 2.05) is 20.8 Å². The minimum atomic E-state index is -0.514. The zero-order valence-corrected chi connectivity index (χ0v) is 18.9. The molecule has 0 N–H and O–H groups in total. The summed E-state index contributed by atoms with van der Waals surface area (Å²) in [5.74, 6) is 0.411. The molecule has 2 aromatic rings. The van der Waals surface area contributed by atoms with Crippen molar-refractivity contribution in [2.45, 2.75) is 58.6 Å². The Morgan fingerprint density at radius 2 is 1.93 bits per heavy atom. The van der Waals surface area contributed by atoms with Crippen LogP contribution in [0.4, 0.5) is 4.79 Å². The van der Waals surface area contributed by atoms with E-state index in [4.69, 9.17) is 9.84 Å². The highest BCUT2D eigenvalue weighted by Crippen LogP contribution is 2.31. The van der Waals surface area contributed by atoms with E-state index in [-0.39, 0.29) is 6.09 Å². The van der Waals surface area contributed by atoms with Crippen molar-refractivity contribution in [3.05, 3.63) is 36.0 Å². The fourth-order valence-electron chi connectivity index (χ4n) is 4.31. The first-order chi connectivity index (χ1) is 14.2. The third kappa shape index (κ3) is 4.53. The molecule has 2 aliphatic rings. The molecule has 0 bridgehead atoms. The maximum absolute atomic E-state index is 12.9. The van der Waals surface area contributed by atoms with E-state index in [1.54, 1.807) is 4.90 Å². The zero-order chi connectivity index (χ0) is 21.5. The highest BCUT2D eigenvalue weighted by Gasteiger charge is 2.29. The summed E-state index contributed by atoms with van der Waals surface area (Å²) in [6.07, 6.45) is 7.26. The number of amides is 1. The molecule has 0 aliphatic carbocycles. The molecular weight excluding hydrogens is 376 g/mol. The third-order valence-corrected chi connectivity index (χ3v) is 6.00. The van der Waals surface area contributed by atoms with Crippen molar-refractivity contribution in [2.75, 3.05) is 26.7 Å². The Morgan fingerprint density at radius 3 is 2.63 bits per heavy atom. The second-order valence-corrected chi connectivity index (χ2v) is 9.94. The van der Waals surface area contributed by atoms with E-state index < -0.39 is 5.60 Å². The van der Waals surface area contributed by atoms with E-state index in [2.05, 4.69) is 54.0 Å². The molecule has 1 aromatic heterocycles. The van der Waals surface area contributed by atoms with Gasteiger partial charge in [0.05, 0.1) is 17.3 Å². The van der Waals surface area contributed by atoms with Gasteiger partial charge in [-0.2, -0.15) is 5.10 Å². The van der Waals surface area contributed by atoms with Crippen LogP contribution in [0.15, 0.2) is 30.5 Å². The van der Waals surface area contributed by atoms with E-state index >= 15 is 0 Å². The maximum atomic E-state index is 12.9. The monoisotopic (exact) mass is 410 g/mol. The minimum absolute atomic E-state index is 0.280. The van der Waals surface area contributed by atoms with Crippen molar-refractivity contribution in [2.24, 2.45) is 5.92 Å². The summed E-state index contributed by atoms with van der Waals surface area (Å²) >= 11 is 0. The number of allylic oxidation sites excluding steroid dienone is 1. The Labute approximate surface area is 179 Å². The molecule has 0 spiro atoms. The van der Waals surface area contributed by atoms with Crippen molar-refractivity contribution in [3.8, 4) is 0 Å². The molecule has 6 heteroatoms. The fourth-order valence-corrected chi connectivity index (χ4v) is 4.31. The number of carbonyl (C=O) groups is 1. The summed E-state index contributed by atoms with van der Waals surface area (Å²) < 4.78 is 7.82. The van der Waals surface area contributed by atoms with Gasteiger partial charge in [-0.3, -0.25) is 9.58 Å². The van der Waals surface area contributed by atoms with Crippen molar-refractivity contribution >= 4 is 22.7 Å². The minimum Gasteiger partial charge on any atom is -0.443 e. The van der Waals surface area contributed by atoms with Crippen molar-refractivity contribution < 1.29 is 9.53 Å². The zero-order valence-electron chi connectivity index (χ0n) is 18.9. The van der Waals surface area contributed by atoms with Crippen molar-refractivity contribution in [1.82, 2.24) is 19.6 Å². The lowest BCUT2D eigenvalue weighted by molar-refractivity contribution is 0.0327. The first-order valence-electron chi connectivity index (χ1n) is 11.1. The number of rotatable bonds is 2. The molecular formula is C24H34N4O2. The van der Waals surface area contributed by atoms with Gasteiger partial charge in [-0.1, -0.05) is 25.1 Å². The summed E-state index contributed by atoms with van der Waals surface area (Å²) in [5.41, 5.74) is 2.42. The Bertz CT molecular complexity index is 948. The van der Waals surface area contributed by atoms with Crippen LogP contribution in [-0.4, -0.2) is 58.0 Å². The standard InChI is InChI=1S/C24H34N4O2/c1-17-6-9-22(27(15-17)23(29)30-24(2,3)4)18-7-8-19-16-28(25-21(19)14-18)20-10-12-26(5)13-11-20/h7-9,14,16-17,20H,6,10-13,15H2,1-5H3. The van der Waals surface area contributed by atoms with Crippen LogP contribution in [0.1, 0.15) is 58.6 Å². The Kier molecular flexibility index (Phi) is 5.62. The Hall–Kier alpha value is -2.34. The number of benzene rings is 1. The summed E-state index contributed by atoms with van der Waals surface area (Å²) in [6, 6.07) is 6.79. The van der Waals surface area contributed by atoms with Gasteiger partial charge in [-0.05, 0) is 72.2 Å². The summed E-state index contributed by atoms with van der Waals surface area (Å²) in [5, 5.41) is 6.04. The Balaban J connectivity index is 1.61. The van der Waals surface area contributed by atoms with Crippen molar-refractivity contribution in [1.29, 1.82) is 0 Å². The topological polar surface area (TPSA) is 50.6 Å². The maximum Gasteiger partial charge on any atom is 0.414 e. The van der Waals surface area contributed by atoms with Crippen LogP contribution in [0.3, 0.4) is 0 Å². The van der Waals surface area contributed by atoms with E-state index in [1.165, 1.54) is 0 Å². The van der Waals surface area contributed by atoms with Crippen LogP contribution in [0, 0.1) is 5.92 Å². The van der Waals surface area contributed by atoms with Crippen LogP contribution in [0.2, 0.25) is 0 Å². The third-order valence-electron chi connectivity index (χ3n) is 6.00. The van der Waals surface area contributed by atoms with Gasteiger partial charge in [0, 0.05) is 23.7 Å². The van der Waals surface area contributed by atoms with Gasteiger partial charge in [0.15, 0.2) is 0 Å². The lowest BCUT2D eigenvalue weighted by atomic mass is 9.98. The molecule has 1 atom stereocenters. The molecule has 1 unspecified atom stereocenters. The van der Waals surface area contributed by atoms with Gasteiger partial charge in [-0.25, -0.2) is 4.79 Å². The molecule has 6 nitrogen and oxygen atoms in total. The molecule has 1 amide bonds. The van der Waals surface area contributed by atoms with Crippen molar-refractivity contribution in [3.63, 3.8) is 0 Å². The molecule has 1 aromatic carbocycles. The lowest BCUT2D eigenvalue weighted by Crippen LogP contribution is -2.39. The van der Waals surface area contributed by atoms with Crippen LogP contribution in [-0.2, 0) is 4.74 Å². The Morgan fingerprint density at radius 1 is 1.20 bits per heavy atom. The predicted octanol–water partition coefficient (Wildman–Crippen LogP) is 4.92. The number of nitrogens with zero attached hydrogens (tertiary/aromatic N) is 4. The summed E-state index contributed by atoms with van der Waals surface area (Å²) in [7, 11) is 2.18. The molecule has 1 saturated heterocycles. The number of aromatic nitrogens is 2. The van der Waals surface area contributed by atoms with Crippen LogP contribution >= 0.6 is 0 Å². The molecule has 4 rings (SSSR count). The molecule has 162 valence electrons. The first kappa shape index (κ1) is 20.9. The smallest absolute Gasteiger partial charge is 0.414 e. The molecule has 0 radical (unpaired) electrons. The quantitative estimate of drug-likeness (QED) is 0.705. The highest BCUT2D eigenvalue weighted by molar-refractivity contribution is 5.87. The lowest BCUT2D eigenvalue weighted by Gasteiger charge is -2.33. The number of fused-ring (bicyclic) bond motifs is 1. The van der Waals surface area contributed by atoms with Gasteiger partial charge >= 0.3 is 6.09 Å². The van der Waals surface area contributed by atoms with E-state index in [9.17, 15) is 4.79 Å². The average molecular weight is 411 g/mol. The van der Waals surface area contributed by atoms with E-state index in [0.29, 0.717) is 18.5 Å². The summed E-state index contributed by atoms with van der Waals surface area (Å²) in [6.45, 7) is 10.8. The van der Waals surface area contributed by atoms with Gasteiger partial charge in [0.2, 0.25) is 0 Å². The molecule has 1 fully saturated rings. The number of likely N-dealkylation sites (tertiary alicyclic amines) is 1. The van der Waals surface area contributed by atoms with Gasteiger partial charge in [0.1, 0.15) is 5.60 Å². The second kappa shape index (κ2) is 8.06. The first-order valence-corrected chi connectivity index (χ1v) is 11.1. The van der Waals surface area contributed by atoms with Crippen LogP contribution < -0.4 is 0 Å². The second-order valence-electron chi connectivity index (χ2n) is 9.94. The summed E-state index contributed by atoms with van der Waals surface area (Å²) in [4.78, 5) is 17.0. The number of carbonyl (C=O) groups excluding carboxylic acids is 1. The van der Waals surface area contributed by atoms with Gasteiger partial charge in [-0.15, -0.1) is 0 Å². The molecule has 0 saturated carbocycles. The number of piperidine rings is 1. The largest absolute Gasteiger partial charge is 0.443 e. The molecule has 3 heterocycles. The number of ether oxygens (including phenoxy) is 1. The van der Waals surface area contributed by atoms with Crippen LogP contribution in [0.5, 0.6) is 0 Å². The number of hydrogen-bond acceptors (Lipinski definition) is 4. The molecule has 2 aliphatic heterocycles. The number of hydrogen-bond donors (Lipinski definition) is 0. The fraction of sp³-hybridized carbons (Fsp3) is 0.583. The van der Waals surface area contributed by atoms with Gasteiger partial charge in [0.25, 0.3) is 0 Å². The molecule has 30 heavy (non-hydrogen) atoms.